The molecule has 3 aromatic carbocycles. The molecule has 0 unspecified atom stereocenters. The second-order valence-electron chi connectivity index (χ2n) is 6.19. The Bertz CT molecular complexity index is 1210. The zero-order valence-electron chi connectivity index (χ0n) is 16.2. The average molecular weight is 461 g/mol. The van der Waals surface area contributed by atoms with Gasteiger partial charge in [-0.1, -0.05) is 11.6 Å². The van der Waals surface area contributed by atoms with Crippen molar-refractivity contribution < 1.29 is 18.1 Å². The molecule has 2 N–H and O–H groups in total. The first-order chi connectivity index (χ1) is 14.8. The number of anilines is 2. The van der Waals surface area contributed by atoms with Gasteiger partial charge in [-0.25, -0.2) is 8.42 Å². The Hall–Kier alpha value is -3.63. The van der Waals surface area contributed by atoms with E-state index in [1.54, 1.807) is 31.4 Å². The third-order valence-electron chi connectivity index (χ3n) is 4.08. The smallest absolute Gasteiger partial charge is 0.270 e. The number of hydrogen-bond donors (Lipinski definition) is 2. The van der Waals surface area contributed by atoms with E-state index < -0.39 is 14.9 Å². The number of nitro groups is 1. The Balaban J connectivity index is 1.90. The fraction of sp³-hybridized carbons (Fsp3) is 0.0500. The van der Waals surface area contributed by atoms with Crippen molar-refractivity contribution in [1.29, 1.82) is 0 Å². The lowest BCUT2D eigenvalue weighted by atomic mass is 10.2. The first-order valence-corrected chi connectivity index (χ1v) is 10.6. The predicted octanol–water partition coefficient (Wildman–Crippen LogP) is 4.50. The molecule has 0 saturated carbocycles. The molecule has 3 aromatic rings. The first-order valence-electron chi connectivity index (χ1n) is 8.78. The summed E-state index contributed by atoms with van der Waals surface area (Å²) in [6.07, 6.45) is 1.48. The summed E-state index contributed by atoms with van der Waals surface area (Å²) in [5.41, 5.74) is 3.31. The molecule has 0 saturated heterocycles. The summed E-state index contributed by atoms with van der Waals surface area (Å²) in [6, 6.07) is 16.4. The van der Waals surface area contributed by atoms with Crippen LogP contribution in [0.2, 0.25) is 5.02 Å². The zero-order chi connectivity index (χ0) is 22.4. The number of methoxy groups -OCH3 is 1. The third kappa shape index (κ3) is 5.71. The van der Waals surface area contributed by atoms with E-state index in [4.69, 9.17) is 16.3 Å². The van der Waals surface area contributed by atoms with Crippen LogP contribution >= 0.6 is 11.6 Å². The van der Waals surface area contributed by atoms with Crippen molar-refractivity contribution in [3.63, 3.8) is 0 Å². The molecule has 0 aliphatic heterocycles. The molecule has 0 bridgehead atoms. The van der Waals surface area contributed by atoms with Crippen LogP contribution in [0.4, 0.5) is 17.1 Å². The maximum atomic E-state index is 12.9. The Labute approximate surface area is 183 Å². The van der Waals surface area contributed by atoms with E-state index >= 15 is 0 Å². The number of non-ortho nitro benzene ring substituents is 1. The molecule has 11 heteroatoms. The molecule has 31 heavy (non-hydrogen) atoms. The highest BCUT2D eigenvalue weighted by atomic mass is 35.5. The molecule has 3 rings (SSSR count). The van der Waals surface area contributed by atoms with E-state index in [0.717, 1.165) is 11.6 Å². The topological polar surface area (TPSA) is 123 Å². The molecule has 0 spiro atoms. The minimum absolute atomic E-state index is 0.0665. The predicted molar refractivity (Wildman–Crippen MR) is 120 cm³/mol. The first kappa shape index (κ1) is 22.1. The van der Waals surface area contributed by atoms with Crippen LogP contribution in [0.1, 0.15) is 5.56 Å². The van der Waals surface area contributed by atoms with Crippen LogP contribution in [-0.2, 0) is 10.0 Å². The number of benzene rings is 3. The van der Waals surface area contributed by atoms with Gasteiger partial charge in [-0.15, -0.1) is 0 Å². The van der Waals surface area contributed by atoms with E-state index in [9.17, 15) is 18.5 Å². The molecular weight excluding hydrogens is 444 g/mol. The van der Waals surface area contributed by atoms with Crippen LogP contribution in [-0.4, -0.2) is 26.7 Å². The minimum Gasteiger partial charge on any atom is -0.497 e. The summed E-state index contributed by atoms with van der Waals surface area (Å²) in [5, 5.41) is 15.6. The van der Waals surface area contributed by atoms with E-state index in [0.29, 0.717) is 10.8 Å². The van der Waals surface area contributed by atoms with E-state index in [1.807, 2.05) is 0 Å². The van der Waals surface area contributed by atoms with Crippen molar-refractivity contribution in [2.45, 2.75) is 4.90 Å². The SMILES string of the molecule is COc1ccc(/C=N/Nc2ccc([N+](=O)[O-])cc2S(=O)(=O)Nc2ccc(Cl)cc2)cc1. The van der Waals surface area contributed by atoms with Gasteiger partial charge < -0.3 is 4.74 Å². The largest absolute Gasteiger partial charge is 0.497 e. The quantitative estimate of drug-likeness (QED) is 0.290. The van der Waals surface area contributed by atoms with Crippen LogP contribution in [0.3, 0.4) is 0 Å². The van der Waals surface area contributed by atoms with Gasteiger partial charge in [-0.05, 0) is 60.2 Å². The fourth-order valence-corrected chi connectivity index (χ4v) is 3.90. The maximum Gasteiger partial charge on any atom is 0.270 e. The number of hydrazone groups is 1. The number of nitro benzene ring substituents is 1. The molecule has 0 radical (unpaired) electrons. The van der Waals surface area contributed by atoms with Gasteiger partial charge in [-0.3, -0.25) is 20.3 Å². The molecule has 0 amide bonds. The van der Waals surface area contributed by atoms with Gasteiger partial charge in [0.25, 0.3) is 15.7 Å². The van der Waals surface area contributed by atoms with Gasteiger partial charge >= 0.3 is 0 Å². The molecule has 0 fully saturated rings. The van der Waals surface area contributed by atoms with Crippen LogP contribution in [0.25, 0.3) is 0 Å². The van der Waals surface area contributed by atoms with E-state index in [2.05, 4.69) is 15.2 Å². The van der Waals surface area contributed by atoms with Crippen molar-refractivity contribution in [2.24, 2.45) is 5.10 Å². The summed E-state index contributed by atoms with van der Waals surface area (Å²) in [6.45, 7) is 0. The van der Waals surface area contributed by atoms with Gasteiger partial charge in [0.05, 0.1) is 23.9 Å². The van der Waals surface area contributed by atoms with Crippen LogP contribution in [0.5, 0.6) is 5.75 Å². The summed E-state index contributed by atoms with van der Waals surface area (Å²) >= 11 is 5.82. The Morgan fingerprint density at radius 2 is 1.74 bits per heavy atom. The van der Waals surface area contributed by atoms with Crippen molar-refractivity contribution >= 4 is 44.9 Å². The van der Waals surface area contributed by atoms with Gasteiger partial charge in [0.2, 0.25) is 0 Å². The number of ether oxygens (including phenoxy) is 1. The molecule has 0 heterocycles. The average Bonchev–Trinajstić information content (AvgIpc) is 2.75. The number of rotatable bonds is 8. The Morgan fingerprint density at radius 1 is 1.06 bits per heavy atom. The van der Waals surface area contributed by atoms with E-state index in [1.165, 1.54) is 42.6 Å². The van der Waals surface area contributed by atoms with Crippen molar-refractivity contribution in [1.82, 2.24) is 0 Å². The molecule has 0 aliphatic carbocycles. The normalized spacial score (nSPS) is 11.3. The summed E-state index contributed by atoms with van der Waals surface area (Å²) in [4.78, 5) is 10.1. The third-order valence-corrected chi connectivity index (χ3v) is 5.75. The van der Waals surface area contributed by atoms with Gasteiger partial charge in [0.1, 0.15) is 10.6 Å². The summed E-state index contributed by atoms with van der Waals surface area (Å²) in [7, 11) is -2.61. The highest BCUT2D eigenvalue weighted by Crippen LogP contribution is 2.28. The second-order valence-corrected chi connectivity index (χ2v) is 8.28. The zero-order valence-corrected chi connectivity index (χ0v) is 17.7. The maximum absolute atomic E-state index is 12.9. The molecule has 160 valence electrons. The van der Waals surface area contributed by atoms with Crippen LogP contribution < -0.4 is 14.9 Å². The number of hydrogen-bond acceptors (Lipinski definition) is 7. The summed E-state index contributed by atoms with van der Waals surface area (Å²) < 4.78 is 33.3. The fourth-order valence-electron chi connectivity index (χ4n) is 2.53. The van der Waals surface area contributed by atoms with Crippen molar-refractivity contribution in [3.05, 3.63) is 87.4 Å². The lowest BCUT2D eigenvalue weighted by Gasteiger charge is -2.12. The van der Waals surface area contributed by atoms with Crippen molar-refractivity contribution in [3.8, 4) is 5.75 Å². The van der Waals surface area contributed by atoms with Gasteiger partial charge in [-0.2, -0.15) is 5.10 Å². The molecular formula is C20H17ClN4O5S. The second kappa shape index (κ2) is 9.45. The standard InChI is InChI=1S/C20H17ClN4O5S/c1-30-18-9-2-14(3-10-18)13-22-23-19-11-8-17(25(26)27)12-20(19)31(28,29)24-16-6-4-15(21)5-7-16/h2-13,23-24H,1H3/b22-13+. The molecule has 0 aromatic heterocycles. The lowest BCUT2D eigenvalue weighted by Crippen LogP contribution is -2.15. The number of nitrogens with one attached hydrogen (secondary N) is 2. The summed E-state index contributed by atoms with van der Waals surface area (Å²) in [5.74, 6) is 0.683. The van der Waals surface area contributed by atoms with Gasteiger partial charge in [0.15, 0.2) is 0 Å². The monoisotopic (exact) mass is 460 g/mol. The lowest BCUT2D eigenvalue weighted by molar-refractivity contribution is -0.385. The van der Waals surface area contributed by atoms with Crippen LogP contribution in [0, 0.1) is 10.1 Å². The molecule has 9 nitrogen and oxygen atoms in total. The Kier molecular flexibility index (Phi) is 6.73. The molecule has 0 atom stereocenters. The number of nitrogens with zero attached hydrogens (tertiary/aromatic N) is 2. The Morgan fingerprint density at radius 3 is 2.35 bits per heavy atom. The number of halogens is 1. The van der Waals surface area contributed by atoms with Crippen LogP contribution in [0.15, 0.2) is 76.7 Å². The highest BCUT2D eigenvalue weighted by molar-refractivity contribution is 7.92. The number of sulfonamides is 1. The van der Waals surface area contributed by atoms with Crippen molar-refractivity contribution in [2.75, 3.05) is 17.3 Å². The van der Waals surface area contributed by atoms with E-state index in [-0.39, 0.29) is 22.0 Å². The van der Waals surface area contributed by atoms with Gasteiger partial charge in [0, 0.05) is 22.8 Å². The molecule has 0 aliphatic rings. The highest BCUT2D eigenvalue weighted by Gasteiger charge is 2.22. The minimum atomic E-state index is -4.17.